The molecular formula is C15H16Cl2N2O. The Morgan fingerprint density at radius 1 is 1.25 bits per heavy atom. The number of rotatable bonds is 5. The van der Waals surface area contributed by atoms with Gasteiger partial charge in [-0.05, 0) is 25.1 Å². The highest BCUT2D eigenvalue weighted by Gasteiger charge is 2.05. The SMILES string of the molecule is CC(N)Cc1ccc(OCc2cccc(Cl)c2Cl)cn1. The third-order valence-corrected chi connectivity index (χ3v) is 3.61. The van der Waals surface area contributed by atoms with E-state index < -0.39 is 0 Å². The fraction of sp³-hybridized carbons (Fsp3) is 0.267. The Morgan fingerprint density at radius 2 is 2.05 bits per heavy atom. The van der Waals surface area contributed by atoms with Crippen LogP contribution in [0.4, 0.5) is 0 Å². The van der Waals surface area contributed by atoms with Gasteiger partial charge in [0.15, 0.2) is 0 Å². The molecule has 2 aromatic rings. The van der Waals surface area contributed by atoms with E-state index in [1.807, 2.05) is 31.2 Å². The number of aromatic nitrogens is 1. The fourth-order valence-electron chi connectivity index (χ4n) is 1.77. The highest BCUT2D eigenvalue weighted by molar-refractivity contribution is 6.42. The molecule has 0 saturated heterocycles. The first-order valence-electron chi connectivity index (χ1n) is 6.32. The Bertz CT molecular complexity index is 571. The molecule has 0 aliphatic carbocycles. The maximum atomic E-state index is 6.10. The van der Waals surface area contributed by atoms with E-state index in [0.717, 1.165) is 17.7 Å². The summed E-state index contributed by atoms with van der Waals surface area (Å²) in [6.07, 6.45) is 2.44. The molecule has 0 radical (unpaired) electrons. The standard InChI is InChI=1S/C15H16Cl2N2O/c1-10(18)7-12-5-6-13(8-19-12)20-9-11-3-2-4-14(16)15(11)17/h2-6,8,10H,7,9,18H2,1H3. The number of nitrogens with zero attached hydrogens (tertiary/aromatic N) is 1. The molecule has 1 aromatic carbocycles. The van der Waals surface area contributed by atoms with Crippen LogP contribution in [0.15, 0.2) is 36.5 Å². The molecular weight excluding hydrogens is 295 g/mol. The minimum Gasteiger partial charge on any atom is -0.487 e. The van der Waals surface area contributed by atoms with E-state index >= 15 is 0 Å². The van der Waals surface area contributed by atoms with E-state index in [1.165, 1.54) is 0 Å². The molecule has 0 fully saturated rings. The van der Waals surface area contributed by atoms with Crippen LogP contribution in [0.1, 0.15) is 18.2 Å². The number of benzene rings is 1. The van der Waals surface area contributed by atoms with Crippen molar-refractivity contribution in [2.75, 3.05) is 0 Å². The second-order valence-corrected chi connectivity index (χ2v) is 5.45. The molecule has 0 bridgehead atoms. The largest absolute Gasteiger partial charge is 0.487 e. The van der Waals surface area contributed by atoms with E-state index in [1.54, 1.807) is 12.3 Å². The van der Waals surface area contributed by atoms with Crippen LogP contribution >= 0.6 is 23.2 Å². The Labute approximate surface area is 128 Å². The third kappa shape index (κ3) is 4.10. The van der Waals surface area contributed by atoms with Gasteiger partial charge in [0, 0.05) is 23.7 Å². The summed E-state index contributed by atoms with van der Waals surface area (Å²) < 4.78 is 5.65. The van der Waals surface area contributed by atoms with Crippen LogP contribution < -0.4 is 10.5 Å². The maximum absolute atomic E-state index is 6.10. The molecule has 0 aliphatic rings. The van der Waals surface area contributed by atoms with Gasteiger partial charge in [-0.1, -0.05) is 35.3 Å². The van der Waals surface area contributed by atoms with Crippen LogP contribution in [0.25, 0.3) is 0 Å². The van der Waals surface area contributed by atoms with Crippen LogP contribution in [-0.4, -0.2) is 11.0 Å². The van der Waals surface area contributed by atoms with Gasteiger partial charge >= 0.3 is 0 Å². The van der Waals surface area contributed by atoms with Crippen molar-refractivity contribution in [3.63, 3.8) is 0 Å². The van der Waals surface area contributed by atoms with Crippen LogP contribution in [-0.2, 0) is 13.0 Å². The monoisotopic (exact) mass is 310 g/mol. The third-order valence-electron chi connectivity index (χ3n) is 2.75. The molecule has 0 saturated carbocycles. The van der Waals surface area contributed by atoms with Crippen molar-refractivity contribution >= 4 is 23.2 Å². The lowest BCUT2D eigenvalue weighted by Gasteiger charge is -2.09. The zero-order chi connectivity index (χ0) is 14.5. The predicted octanol–water partition coefficient (Wildman–Crippen LogP) is 3.86. The quantitative estimate of drug-likeness (QED) is 0.912. The zero-order valence-corrected chi connectivity index (χ0v) is 12.7. The topological polar surface area (TPSA) is 48.1 Å². The lowest BCUT2D eigenvalue weighted by atomic mass is 10.2. The van der Waals surface area contributed by atoms with Crippen molar-refractivity contribution in [2.24, 2.45) is 5.73 Å². The molecule has 1 atom stereocenters. The van der Waals surface area contributed by atoms with Gasteiger partial charge in [-0.3, -0.25) is 4.98 Å². The predicted molar refractivity (Wildman–Crippen MR) is 82.4 cm³/mol. The van der Waals surface area contributed by atoms with Crippen molar-refractivity contribution in [3.8, 4) is 5.75 Å². The highest BCUT2D eigenvalue weighted by atomic mass is 35.5. The molecule has 0 amide bonds. The minimum absolute atomic E-state index is 0.0968. The first-order valence-corrected chi connectivity index (χ1v) is 7.08. The number of hydrogen-bond acceptors (Lipinski definition) is 3. The van der Waals surface area contributed by atoms with Crippen LogP contribution in [0, 0.1) is 0 Å². The molecule has 1 unspecified atom stereocenters. The summed E-state index contributed by atoms with van der Waals surface area (Å²) >= 11 is 12.1. The van der Waals surface area contributed by atoms with E-state index in [4.69, 9.17) is 33.7 Å². The molecule has 20 heavy (non-hydrogen) atoms. The smallest absolute Gasteiger partial charge is 0.138 e. The molecule has 0 spiro atoms. The van der Waals surface area contributed by atoms with Gasteiger partial charge in [-0.2, -0.15) is 0 Å². The summed E-state index contributed by atoms with van der Waals surface area (Å²) in [5, 5.41) is 1.05. The lowest BCUT2D eigenvalue weighted by molar-refractivity contribution is 0.305. The van der Waals surface area contributed by atoms with E-state index in [9.17, 15) is 0 Å². The van der Waals surface area contributed by atoms with Crippen molar-refractivity contribution < 1.29 is 4.74 Å². The molecule has 2 N–H and O–H groups in total. The van der Waals surface area contributed by atoms with Crippen LogP contribution in [0.2, 0.25) is 10.0 Å². The molecule has 1 heterocycles. The fourth-order valence-corrected chi connectivity index (χ4v) is 2.14. The van der Waals surface area contributed by atoms with Gasteiger partial charge in [0.05, 0.1) is 16.2 Å². The average molecular weight is 311 g/mol. The summed E-state index contributed by atoms with van der Waals surface area (Å²) in [7, 11) is 0. The summed E-state index contributed by atoms with van der Waals surface area (Å²) in [5.74, 6) is 0.689. The average Bonchev–Trinajstić information content (AvgIpc) is 2.41. The lowest BCUT2D eigenvalue weighted by Crippen LogP contribution is -2.18. The Hall–Kier alpha value is -1.29. The van der Waals surface area contributed by atoms with Gasteiger partial charge in [0.25, 0.3) is 0 Å². The molecule has 0 aliphatic heterocycles. The van der Waals surface area contributed by atoms with Crippen LogP contribution in [0.3, 0.4) is 0 Å². The number of ether oxygens (including phenoxy) is 1. The molecule has 106 valence electrons. The maximum Gasteiger partial charge on any atom is 0.138 e. The van der Waals surface area contributed by atoms with Crippen molar-refractivity contribution in [3.05, 3.63) is 57.8 Å². The molecule has 1 aromatic heterocycles. The van der Waals surface area contributed by atoms with E-state index in [2.05, 4.69) is 4.98 Å². The summed E-state index contributed by atoms with van der Waals surface area (Å²) in [6.45, 7) is 2.31. The van der Waals surface area contributed by atoms with E-state index in [0.29, 0.717) is 22.4 Å². The molecule has 3 nitrogen and oxygen atoms in total. The van der Waals surface area contributed by atoms with Gasteiger partial charge in [-0.25, -0.2) is 0 Å². The van der Waals surface area contributed by atoms with E-state index in [-0.39, 0.29) is 6.04 Å². The summed E-state index contributed by atoms with van der Waals surface area (Å²) in [6, 6.07) is 9.36. The molecule has 5 heteroatoms. The Balaban J connectivity index is 1.99. The normalized spacial score (nSPS) is 12.2. The zero-order valence-electron chi connectivity index (χ0n) is 11.1. The summed E-state index contributed by atoms with van der Waals surface area (Å²) in [4.78, 5) is 4.31. The van der Waals surface area contributed by atoms with Gasteiger partial charge < -0.3 is 10.5 Å². The van der Waals surface area contributed by atoms with Crippen molar-refractivity contribution in [1.29, 1.82) is 0 Å². The van der Waals surface area contributed by atoms with Gasteiger partial charge in [0.2, 0.25) is 0 Å². The minimum atomic E-state index is 0.0968. The van der Waals surface area contributed by atoms with Crippen LogP contribution in [0.5, 0.6) is 5.75 Å². The number of nitrogens with two attached hydrogens (primary N) is 1. The second-order valence-electron chi connectivity index (χ2n) is 4.67. The number of hydrogen-bond donors (Lipinski definition) is 1. The van der Waals surface area contributed by atoms with Gasteiger partial charge in [0.1, 0.15) is 12.4 Å². The molecule has 2 rings (SSSR count). The van der Waals surface area contributed by atoms with Gasteiger partial charge in [-0.15, -0.1) is 0 Å². The first-order chi connectivity index (χ1) is 9.56. The van der Waals surface area contributed by atoms with Crippen molar-refractivity contribution in [1.82, 2.24) is 4.98 Å². The first kappa shape index (κ1) is 15.1. The second kappa shape index (κ2) is 6.93. The van der Waals surface area contributed by atoms with Crippen molar-refractivity contribution in [2.45, 2.75) is 26.0 Å². The summed E-state index contributed by atoms with van der Waals surface area (Å²) in [5.41, 5.74) is 7.53. The Morgan fingerprint density at radius 3 is 2.70 bits per heavy atom. The number of pyridine rings is 1. The number of halogens is 2. The highest BCUT2D eigenvalue weighted by Crippen LogP contribution is 2.26. The Kier molecular flexibility index (Phi) is 5.24.